The number of Topliss-reactive ketones (excluding diaryl/α,β-unsaturated/α-hetero) is 1. The molecule has 1 fully saturated rings. The molecule has 8 nitrogen and oxygen atoms in total. The molecule has 0 bridgehead atoms. The summed E-state index contributed by atoms with van der Waals surface area (Å²) in [7, 11) is 1.60. The molecule has 2 heterocycles. The van der Waals surface area contributed by atoms with Crippen LogP contribution in [0.5, 0.6) is 17.2 Å². The van der Waals surface area contributed by atoms with Crippen molar-refractivity contribution >= 4 is 28.4 Å². The van der Waals surface area contributed by atoms with Crippen LogP contribution in [0, 0.1) is 0 Å². The van der Waals surface area contributed by atoms with Crippen LogP contribution in [-0.4, -0.2) is 52.0 Å². The van der Waals surface area contributed by atoms with Gasteiger partial charge in [0.25, 0.3) is 11.7 Å². The molecule has 1 aliphatic heterocycles. The number of benzene rings is 3. The van der Waals surface area contributed by atoms with E-state index < -0.39 is 17.7 Å². The molecule has 1 aromatic heterocycles. The van der Waals surface area contributed by atoms with Gasteiger partial charge in [-0.15, -0.1) is 0 Å². The Morgan fingerprint density at radius 2 is 1.79 bits per heavy atom. The molecule has 0 radical (unpaired) electrons. The molecular weight excluding hydrogens is 484 g/mol. The summed E-state index contributed by atoms with van der Waals surface area (Å²) in [5.74, 6) is -0.413. The van der Waals surface area contributed by atoms with Crippen LogP contribution in [-0.2, 0) is 16.0 Å². The third kappa shape index (κ3) is 4.56. The average Bonchev–Trinajstić information content (AvgIpc) is 3.45. The first-order valence-electron chi connectivity index (χ1n) is 12.4. The zero-order valence-electron chi connectivity index (χ0n) is 21.1. The summed E-state index contributed by atoms with van der Waals surface area (Å²) in [5.41, 5.74) is 2.79. The minimum Gasteiger partial charge on any atom is -0.508 e. The fourth-order valence-electron chi connectivity index (χ4n) is 4.92. The SMILES string of the molecule is CCOc1ccc(C(O)=C2C(=O)C(=O)N(CCc3c[nH]c4ccc(OC)cc34)[C@H]2c2cccc(O)c2)cc1. The van der Waals surface area contributed by atoms with Gasteiger partial charge in [0.2, 0.25) is 0 Å². The van der Waals surface area contributed by atoms with Gasteiger partial charge >= 0.3 is 0 Å². The number of phenols is 1. The van der Waals surface area contributed by atoms with Crippen molar-refractivity contribution in [3.05, 3.63) is 95.2 Å². The van der Waals surface area contributed by atoms with Crippen molar-refractivity contribution in [1.82, 2.24) is 9.88 Å². The molecule has 194 valence electrons. The highest BCUT2D eigenvalue weighted by molar-refractivity contribution is 6.46. The number of H-pyrrole nitrogens is 1. The van der Waals surface area contributed by atoms with E-state index in [4.69, 9.17) is 9.47 Å². The number of methoxy groups -OCH3 is 1. The lowest BCUT2D eigenvalue weighted by molar-refractivity contribution is -0.139. The molecule has 1 saturated heterocycles. The van der Waals surface area contributed by atoms with Gasteiger partial charge in [-0.05, 0) is 79.1 Å². The Bertz CT molecular complexity index is 1540. The molecule has 1 aliphatic rings. The highest BCUT2D eigenvalue weighted by atomic mass is 16.5. The number of carbonyl (C=O) groups is 2. The van der Waals surface area contributed by atoms with E-state index in [-0.39, 0.29) is 23.6 Å². The van der Waals surface area contributed by atoms with Gasteiger partial charge in [0, 0.05) is 29.2 Å². The molecule has 1 amide bonds. The van der Waals surface area contributed by atoms with Crippen molar-refractivity contribution in [2.75, 3.05) is 20.3 Å². The number of amides is 1. The number of fused-ring (bicyclic) bond motifs is 1. The minimum atomic E-state index is -0.867. The van der Waals surface area contributed by atoms with Crippen LogP contribution in [0.3, 0.4) is 0 Å². The van der Waals surface area contributed by atoms with E-state index in [0.717, 1.165) is 16.5 Å². The van der Waals surface area contributed by atoms with Crippen LogP contribution in [0.1, 0.15) is 29.7 Å². The number of hydrogen-bond donors (Lipinski definition) is 3. The smallest absolute Gasteiger partial charge is 0.295 e. The molecule has 3 N–H and O–H groups in total. The lowest BCUT2D eigenvalue weighted by atomic mass is 9.95. The number of ether oxygens (including phenoxy) is 2. The number of aromatic nitrogens is 1. The summed E-state index contributed by atoms with van der Waals surface area (Å²) in [6.45, 7) is 2.59. The maximum absolute atomic E-state index is 13.3. The number of rotatable bonds is 8. The number of phenolic OH excluding ortho intramolecular Hbond substituents is 1. The first kappa shape index (κ1) is 25.0. The van der Waals surface area contributed by atoms with Crippen molar-refractivity contribution in [3.8, 4) is 17.2 Å². The van der Waals surface area contributed by atoms with Gasteiger partial charge in [0.05, 0.1) is 25.3 Å². The molecule has 0 aliphatic carbocycles. The highest BCUT2D eigenvalue weighted by Gasteiger charge is 2.46. The second-order valence-corrected chi connectivity index (χ2v) is 9.02. The van der Waals surface area contributed by atoms with Crippen LogP contribution < -0.4 is 9.47 Å². The number of ketones is 1. The third-order valence-corrected chi connectivity index (χ3v) is 6.76. The summed E-state index contributed by atoms with van der Waals surface area (Å²) in [4.78, 5) is 31.3. The Balaban J connectivity index is 1.53. The van der Waals surface area contributed by atoms with Gasteiger partial charge < -0.3 is 29.6 Å². The number of aromatic amines is 1. The molecule has 0 saturated carbocycles. The van der Waals surface area contributed by atoms with Crippen LogP contribution in [0.2, 0.25) is 0 Å². The Labute approximate surface area is 219 Å². The quantitative estimate of drug-likeness (QED) is 0.175. The Kier molecular flexibility index (Phi) is 6.79. The van der Waals surface area contributed by atoms with Crippen molar-refractivity contribution in [1.29, 1.82) is 0 Å². The minimum absolute atomic E-state index is 0.00196. The van der Waals surface area contributed by atoms with E-state index in [1.165, 1.54) is 17.0 Å². The molecule has 5 rings (SSSR count). The van der Waals surface area contributed by atoms with E-state index in [9.17, 15) is 19.8 Å². The molecule has 0 unspecified atom stereocenters. The van der Waals surface area contributed by atoms with Crippen molar-refractivity contribution in [2.45, 2.75) is 19.4 Å². The van der Waals surface area contributed by atoms with Gasteiger partial charge in [0.15, 0.2) is 0 Å². The Morgan fingerprint density at radius 3 is 2.50 bits per heavy atom. The van der Waals surface area contributed by atoms with Crippen LogP contribution >= 0.6 is 0 Å². The predicted octanol–water partition coefficient (Wildman–Crippen LogP) is 4.95. The maximum Gasteiger partial charge on any atom is 0.295 e. The first-order chi connectivity index (χ1) is 18.4. The van der Waals surface area contributed by atoms with E-state index in [2.05, 4.69) is 4.98 Å². The van der Waals surface area contributed by atoms with Crippen molar-refractivity contribution < 1.29 is 29.3 Å². The second kappa shape index (κ2) is 10.3. The number of likely N-dealkylation sites (tertiary alicyclic amines) is 1. The molecule has 3 aromatic carbocycles. The summed E-state index contributed by atoms with van der Waals surface area (Å²) in [6.07, 6.45) is 2.34. The van der Waals surface area contributed by atoms with Crippen LogP contribution in [0.15, 0.2) is 78.5 Å². The number of aromatic hydroxyl groups is 1. The van der Waals surface area contributed by atoms with Crippen molar-refractivity contribution in [3.63, 3.8) is 0 Å². The van der Waals surface area contributed by atoms with Gasteiger partial charge in [0.1, 0.15) is 23.0 Å². The van der Waals surface area contributed by atoms with Gasteiger partial charge in [-0.3, -0.25) is 9.59 Å². The molecule has 8 heteroatoms. The number of aliphatic hydroxyl groups is 1. The fraction of sp³-hybridized carbons (Fsp3) is 0.200. The predicted molar refractivity (Wildman–Crippen MR) is 143 cm³/mol. The normalized spacial score (nSPS) is 16.8. The van der Waals surface area contributed by atoms with Crippen LogP contribution in [0.4, 0.5) is 0 Å². The monoisotopic (exact) mass is 512 g/mol. The molecule has 38 heavy (non-hydrogen) atoms. The lowest BCUT2D eigenvalue weighted by Gasteiger charge is -2.25. The molecule has 1 atom stereocenters. The Morgan fingerprint density at radius 1 is 1.03 bits per heavy atom. The zero-order valence-corrected chi connectivity index (χ0v) is 21.1. The largest absolute Gasteiger partial charge is 0.508 e. The van der Waals surface area contributed by atoms with Gasteiger partial charge in [-0.2, -0.15) is 0 Å². The number of carbonyl (C=O) groups excluding carboxylic acids is 2. The fourth-order valence-corrected chi connectivity index (χ4v) is 4.92. The topological polar surface area (TPSA) is 112 Å². The number of nitrogens with zero attached hydrogens (tertiary/aromatic N) is 1. The van der Waals surface area contributed by atoms with Gasteiger partial charge in [-0.1, -0.05) is 12.1 Å². The summed E-state index contributed by atoms with van der Waals surface area (Å²) >= 11 is 0. The Hall–Kier alpha value is -4.72. The second-order valence-electron chi connectivity index (χ2n) is 9.02. The standard InChI is InChI=1S/C30H28N2O6/c1-3-38-22-9-7-18(8-10-22)28(34)26-27(19-5-4-6-21(33)15-19)32(30(36)29(26)35)14-13-20-17-31-25-12-11-23(37-2)16-24(20)25/h4-12,15-17,27,31,33-34H,3,13-14H2,1-2H3/t27-/m0/s1. The van der Waals surface area contributed by atoms with E-state index in [1.807, 2.05) is 31.3 Å². The van der Waals surface area contributed by atoms with Crippen LogP contribution in [0.25, 0.3) is 16.7 Å². The van der Waals surface area contributed by atoms with E-state index in [0.29, 0.717) is 35.7 Å². The summed E-state index contributed by atoms with van der Waals surface area (Å²) in [5, 5.41) is 22.4. The van der Waals surface area contributed by atoms with Gasteiger partial charge in [-0.25, -0.2) is 0 Å². The van der Waals surface area contributed by atoms with E-state index in [1.54, 1.807) is 43.5 Å². The average molecular weight is 513 g/mol. The lowest BCUT2D eigenvalue weighted by Crippen LogP contribution is -2.31. The molecule has 4 aromatic rings. The highest BCUT2D eigenvalue weighted by Crippen LogP contribution is 2.40. The summed E-state index contributed by atoms with van der Waals surface area (Å²) in [6, 6.07) is 17.9. The first-order valence-corrected chi connectivity index (χ1v) is 12.4. The molecular formula is C30H28N2O6. The molecule has 0 spiro atoms. The van der Waals surface area contributed by atoms with Crippen molar-refractivity contribution in [2.24, 2.45) is 0 Å². The third-order valence-electron chi connectivity index (χ3n) is 6.76. The zero-order chi connectivity index (χ0) is 26.8. The van der Waals surface area contributed by atoms with E-state index >= 15 is 0 Å². The number of nitrogens with one attached hydrogen (secondary N) is 1. The number of hydrogen-bond acceptors (Lipinski definition) is 6. The summed E-state index contributed by atoms with van der Waals surface area (Å²) < 4.78 is 10.8. The maximum atomic E-state index is 13.3. The number of aliphatic hydroxyl groups excluding tert-OH is 1.